The Kier molecular flexibility index (Phi) is 5.28. The van der Waals surface area contributed by atoms with Crippen molar-refractivity contribution < 1.29 is 4.52 Å². The zero-order valence-electron chi connectivity index (χ0n) is 13.3. The second kappa shape index (κ2) is 7.39. The molecule has 0 amide bonds. The van der Waals surface area contributed by atoms with Gasteiger partial charge in [0.05, 0.1) is 5.92 Å². The molecule has 2 unspecified atom stereocenters. The average molecular weight is 291 g/mol. The van der Waals surface area contributed by atoms with E-state index in [1.807, 2.05) is 0 Å². The second-order valence-corrected chi connectivity index (χ2v) is 6.78. The third kappa shape index (κ3) is 3.65. The predicted molar refractivity (Wildman–Crippen MR) is 83.4 cm³/mol. The van der Waals surface area contributed by atoms with Crippen LogP contribution in [-0.2, 0) is 0 Å². The Morgan fingerprint density at radius 3 is 2.62 bits per heavy atom. The van der Waals surface area contributed by atoms with Crippen LogP contribution in [-0.4, -0.2) is 22.7 Å². The number of rotatable bonds is 5. The highest BCUT2D eigenvalue weighted by Gasteiger charge is 2.33. The number of nitrogens with zero attached hydrogens (tertiary/aromatic N) is 2. The van der Waals surface area contributed by atoms with Gasteiger partial charge in [-0.2, -0.15) is 4.98 Å². The van der Waals surface area contributed by atoms with Gasteiger partial charge in [-0.3, -0.25) is 0 Å². The zero-order valence-corrected chi connectivity index (χ0v) is 13.3. The maximum absolute atomic E-state index is 5.65. The van der Waals surface area contributed by atoms with Gasteiger partial charge in [0.25, 0.3) is 0 Å². The number of hydrogen-bond donors (Lipinski definition) is 1. The fourth-order valence-electron chi connectivity index (χ4n) is 3.93. The summed E-state index contributed by atoms with van der Waals surface area (Å²) in [5.41, 5.74) is 0. The molecule has 2 fully saturated rings. The molecule has 0 aliphatic heterocycles. The monoisotopic (exact) mass is 291 g/mol. The molecule has 118 valence electrons. The minimum atomic E-state index is 0.434. The Balaban J connectivity index is 1.65. The molecule has 2 aliphatic carbocycles. The highest BCUT2D eigenvalue weighted by molar-refractivity contribution is 5.05. The first-order chi connectivity index (χ1) is 10.4. The van der Waals surface area contributed by atoms with Gasteiger partial charge in [0.1, 0.15) is 0 Å². The van der Waals surface area contributed by atoms with E-state index in [9.17, 15) is 0 Å². The smallest absolute Gasteiger partial charge is 0.231 e. The van der Waals surface area contributed by atoms with Gasteiger partial charge < -0.3 is 9.84 Å². The van der Waals surface area contributed by atoms with Gasteiger partial charge in [-0.1, -0.05) is 44.2 Å². The maximum atomic E-state index is 5.65. The first-order valence-corrected chi connectivity index (χ1v) is 8.95. The average Bonchev–Trinajstić information content (AvgIpc) is 3.08. The molecule has 4 heteroatoms. The summed E-state index contributed by atoms with van der Waals surface area (Å²) < 4.78 is 5.65. The Bertz CT molecular complexity index is 423. The van der Waals surface area contributed by atoms with Crippen LogP contribution in [0.4, 0.5) is 0 Å². The summed E-state index contributed by atoms with van der Waals surface area (Å²) in [7, 11) is 0. The molecule has 2 aliphatic rings. The van der Waals surface area contributed by atoms with E-state index in [0.29, 0.717) is 17.9 Å². The van der Waals surface area contributed by atoms with E-state index in [0.717, 1.165) is 18.3 Å². The van der Waals surface area contributed by atoms with Crippen molar-refractivity contribution in [1.82, 2.24) is 15.5 Å². The van der Waals surface area contributed by atoms with Crippen LogP contribution in [0, 0.1) is 0 Å². The molecule has 3 rings (SSSR count). The molecule has 0 spiro atoms. The summed E-state index contributed by atoms with van der Waals surface area (Å²) in [6.07, 6.45) is 12.7. The highest BCUT2D eigenvalue weighted by Crippen LogP contribution is 2.36. The molecule has 4 nitrogen and oxygen atoms in total. The molecule has 0 saturated heterocycles. The van der Waals surface area contributed by atoms with E-state index in [2.05, 4.69) is 17.4 Å². The fourth-order valence-corrected chi connectivity index (χ4v) is 3.93. The van der Waals surface area contributed by atoms with E-state index >= 15 is 0 Å². The van der Waals surface area contributed by atoms with Crippen molar-refractivity contribution >= 4 is 0 Å². The van der Waals surface area contributed by atoms with E-state index in [1.54, 1.807) is 0 Å². The van der Waals surface area contributed by atoms with Crippen LogP contribution in [0.2, 0.25) is 0 Å². The van der Waals surface area contributed by atoms with E-state index in [1.165, 1.54) is 64.2 Å². The second-order valence-electron chi connectivity index (χ2n) is 6.78. The van der Waals surface area contributed by atoms with Crippen LogP contribution in [0.5, 0.6) is 0 Å². The lowest BCUT2D eigenvalue weighted by Crippen LogP contribution is -2.31. The van der Waals surface area contributed by atoms with Crippen molar-refractivity contribution in [2.75, 3.05) is 6.54 Å². The lowest BCUT2D eigenvalue weighted by Gasteiger charge is -2.17. The Morgan fingerprint density at radius 2 is 1.86 bits per heavy atom. The largest absolute Gasteiger partial charge is 0.339 e. The van der Waals surface area contributed by atoms with Crippen molar-refractivity contribution in [3.8, 4) is 0 Å². The lowest BCUT2D eigenvalue weighted by atomic mass is 9.99. The molecule has 2 atom stereocenters. The molecular weight excluding hydrogens is 262 g/mol. The van der Waals surface area contributed by atoms with Crippen molar-refractivity contribution in [1.29, 1.82) is 0 Å². The van der Waals surface area contributed by atoms with Crippen molar-refractivity contribution in [2.24, 2.45) is 0 Å². The molecule has 1 aromatic rings. The topological polar surface area (TPSA) is 51.0 Å². The van der Waals surface area contributed by atoms with Crippen LogP contribution < -0.4 is 5.32 Å². The quantitative estimate of drug-likeness (QED) is 0.828. The highest BCUT2D eigenvalue weighted by atomic mass is 16.5. The van der Waals surface area contributed by atoms with Crippen LogP contribution in [0.1, 0.15) is 94.7 Å². The zero-order chi connectivity index (χ0) is 14.5. The Hall–Kier alpha value is -0.900. The molecule has 1 heterocycles. The summed E-state index contributed by atoms with van der Waals surface area (Å²) in [6.45, 7) is 3.30. The van der Waals surface area contributed by atoms with E-state index < -0.39 is 0 Å². The lowest BCUT2D eigenvalue weighted by molar-refractivity contribution is 0.325. The van der Waals surface area contributed by atoms with Crippen LogP contribution >= 0.6 is 0 Å². The minimum Gasteiger partial charge on any atom is -0.339 e. The van der Waals surface area contributed by atoms with E-state index in [4.69, 9.17) is 9.51 Å². The van der Waals surface area contributed by atoms with Gasteiger partial charge in [-0.05, 0) is 38.6 Å². The van der Waals surface area contributed by atoms with Gasteiger partial charge in [-0.15, -0.1) is 0 Å². The standard InChI is InChI=1S/C17H29N3O/c1-2-12-18-15-11-7-10-14(15)17-19-16(20-21-17)13-8-5-3-4-6-9-13/h13-15,18H,2-12H2,1H3. The third-order valence-electron chi connectivity index (χ3n) is 5.17. The van der Waals surface area contributed by atoms with Gasteiger partial charge in [0.2, 0.25) is 5.89 Å². The molecule has 21 heavy (non-hydrogen) atoms. The molecule has 0 bridgehead atoms. The molecule has 2 saturated carbocycles. The first-order valence-electron chi connectivity index (χ1n) is 8.95. The number of hydrogen-bond acceptors (Lipinski definition) is 4. The van der Waals surface area contributed by atoms with Crippen molar-refractivity contribution in [3.05, 3.63) is 11.7 Å². The Labute approximate surface area is 128 Å². The Morgan fingerprint density at radius 1 is 1.05 bits per heavy atom. The normalized spacial score (nSPS) is 27.9. The molecule has 0 aromatic carbocycles. The minimum absolute atomic E-state index is 0.434. The third-order valence-corrected chi connectivity index (χ3v) is 5.17. The first kappa shape index (κ1) is 15.0. The summed E-state index contributed by atoms with van der Waals surface area (Å²) in [5.74, 6) is 2.84. The predicted octanol–water partition coefficient (Wildman–Crippen LogP) is 4.14. The molecule has 1 N–H and O–H groups in total. The molecule has 1 aromatic heterocycles. The summed E-state index contributed by atoms with van der Waals surface area (Å²) >= 11 is 0. The van der Waals surface area contributed by atoms with Gasteiger partial charge in [0, 0.05) is 12.0 Å². The SMILES string of the molecule is CCCNC1CCCC1c1nc(C2CCCCCC2)no1. The number of nitrogens with one attached hydrogen (secondary N) is 1. The van der Waals surface area contributed by atoms with Crippen LogP contribution in [0.15, 0.2) is 4.52 Å². The number of aromatic nitrogens is 2. The van der Waals surface area contributed by atoms with E-state index in [-0.39, 0.29) is 0 Å². The van der Waals surface area contributed by atoms with Gasteiger partial charge in [0.15, 0.2) is 5.82 Å². The van der Waals surface area contributed by atoms with Crippen LogP contribution in [0.3, 0.4) is 0 Å². The van der Waals surface area contributed by atoms with Crippen LogP contribution in [0.25, 0.3) is 0 Å². The van der Waals surface area contributed by atoms with Crippen molar-refractivity contribution in [2.45, 2.75) is 89.0 Å². The fraction of sp³-hybridized carbons (Fsp3) is 0.882. The van der Waals surface area contributed by atoms with Gasteiger partial charge >= 0.3 is 0 Å². The molecule has 0 radical (unpaired) electrons. The molecular formula is C17H29N3O. The summed E-state index contributed by atoms with van der Waals surface area (Å²) in [5, 5.41) is 7.98. The maximum Gasteiger partial charge on any atom is 0.231 e. The summed E-state index contributed by atoms with van der Waals surface area (Å²) in [6, 6.07) is 0.535. The van der Waals surface area contributed by atoms with Gasteiger partial charge in [-0.25, -0.2) is 0 Å². The van der Waals surface area contributed by atoms with Crippen molar-refractivity contribution in [3.63, 3.8) is 0 Å². The summed E-state index contributed by atoms with van der Waals surface area (Å²) in [4.78, 5) is 4.80.